The summed E-state index contributed by atoms with van der Waals surface area (Å²) in [6, 6.07) is 4.06. The fraction of sp³-hybridized carbons (Fsp3) is 0.759. The second-order valence-corrected chi connectivity index (χ2v) is 12.3. The molecule has 0 amide bonds. The maximum absolute atomic E-state index is 13.1. The molecular weight excluding hydrogens is 428 g/mol. The van der Waals surface area contributed by atoms with Crippen molar-refractivity contribution < 1.29 is 24.1 Å². The van der Waals surface area contributed by atoms with Gasteiger partial charge in [0.15, 0.2) is 0 Å². The summed E-state index contributed by atoms with van der Waals surface area (Å²) >= 11 is 0. The molecule has 1 aromatic carbocycles. The lowest BCUT2D eigenvalue weighted by molar-refractivity contribution is -0.201. The van der Waals surface area contributed by atoms with Gasteiger partial charge in [-0.15, -0.1) is 0 Å². The van der Waals surface area contributed by atoms with Gasteiger partial charge in [0.25, 0.3) is 0 Å². The van der Waals surface area contributed by atoms with Crippen LogP contribution in [-0.2, 0) is 14.9 Å². The summed E-state index contributed by atoms with van der Waals surface area (Å²) in [6.45, 7) is 9.03. The molecule has 3 saturated carbocycles. The van der Waals surface area contributed by atoms with E-state index in [0.717, 1.165) is 50.0 Å². The van der Waals surface area contributed by atoms with E-state index >= 15 is 0 Å². The number of hydrogen-bond acceptors (Lipinski definition) is 5. The molecule has 0 radical (unpaired) electrons. The lowest BCUT2D eigenvalue weighted by atomic mass is 9.34. The second kappa shape index (κ2) is 7.88. The summed E-state index contributed by atoms with van der Waals surface area (Å²) in [4.78, 5) is 13.1. The van der Waals surface area contributed by atoms with Gasteiger partial charge in [-0.25, -0.2) is 0 Å². The topological polar surface area (TPSA) is 65.0 Å². The Morgan fingerprint density at radius 3 is 2.32 bits per heavy atom. The van der Waals surface area contributed by atoms with Crippen LogP contribution in [0.4, 0.5) is 0 Å². The van der Waals surface area contributed by atoms with Crippen molar-refractivity contribution in [2.24, 2.45) is 34.5 Å². The van der Waals surface area contributed by atoms with E-state index in [4.69, 9.17) is 14.2 Å². The van der Waals surface area contributed by atoms with Gasteiger partial charge in [-0.2, -0.15) is 0 Å². The Bertz CT molecular complexity index is 987. The van der Waals surface area contributed by atoms with Crippen LogP contribution < -0.4 is 9.47 Å². The Hall–Kier alpha value is -1.75. The van der Waals surface area contributed by atoms with E-state index in [0.29, 0.717) is 5.92 Å². The van der Waals surface area contributed by atoms with Crippen LogP contribution in [0, 0.1) is 34.5 Å². The van der Waals surface area contributed by atoms with Crippen LogP contribution in [0.15, 0.2) is 12.1 Å². The molecular formula is C29H42O5. The van der Waals surface area contributed by atoms with Gasteiger partial charge in [-0.05, 0) is 86.2 Å². The molecule has 0 aromatic heterocycles. The zero-order valence-corrected chi connectivity index (χ0v) is 21.9. The summed E-state index contributed by atoms with van der Waals surface area (Å²) in [5.74, 6) is 3.02. The van der Waals surface area contributed by atoms with E-state index in [-0.39, 0.29) is 35.1 Å². The zero-order valence-electron chi connectivity index (χ0n) is 21.9. The van der Waals surface area contributed by atoms with Gasteiger partial charge in [0, 0.05) is 16.5 Å². The lowest BCUT2D eigenvalue weighted by Gasteiger charge is -2.70. The molecule has 8 unspecified atom stereocenters. The van der Waals surface area contributed by atoms with Crippen molar-refractivity contribution in [2.75, 3.05) is 21.3 Å². The number of carbonyl (C=O) groups excluding carboxylic acids is 1. The first-order chi connectivity index (χ1) is 16.1. The van der Waals surface area contributed by atoms with Crippen LogP contribution in [0.3, 0.4) is 0 Å². The lowest BCUT2D eigenvalue weighted by Crippen LogP contribution is -2.69. The van der Waals surface area contributed by atoms with Crippen LogP contribution in [0.1, 0.15) is 83.3 Å². The fourth-order valence-corrected chi connectivity index (χ4v) is 9.77. The molecule has 0 heterocycles. The maximum atomic E-state index is 13.1. The summed E-state index contributed by atoms with van der Waals surface area (Å²) in [7, 11) is 5.02. The van der Waals surface area contributed by atoms with Crippen molar-refractivity contribution in [3.8, 4) is 11.5 Å². The molecule has 0 saturated heterocycles. The molecule has 3 fully saturated rings. The Morgan fingerprint density at radius 1 is 1.03 bits per heavy atom. The fourth-order valence-electron chi connectivity index (χ4n) is 9.77. The third kappa shape index (κ3) is 2.74. The summed E-state index contributed by atoms with van der Waals surface area (Å²) < 4.78 is 17.2. The van der Waals surface area contributed by atoms with Crippen molar-refractivity contribution in [3.63, 3.8) is 0 Å². The Balaban J connectivity index is 1.75. The van der Waals surface area contributed by atoms with E-state index in [1.165, 1.54) is 18.2 Å². The third-order valence-corrected chi connectivity index (χ3v) is 11.0. The van der Waals surface area contributed by atoms with Crippen LogP contribution in [0.5, 0.6) is 11.5 Å². The first-order valence-electron chi connectivity index (χ1n) is 13.1. The van der Waals surface area contributed by atoms with E-state index in [2.05, 4.69) is 27.7 Å². The number of benzene rings is 1. The number of hydrogen-bond donors (Lipinski definition) is 1. The van der Waals surface area contributed by atoms with Gasteiger partial charge >= 0.3 is 5.97 Å². The molecule has 5 heteroatoms. The normalized spacial score (nSPS) is 42.4. The third-order valence-electron chi connectivity index (χ3n) is 11.0. The average Bonchev–Trinajstić information content (AvgIpc) is 2.82. The van der Waals surface area contributed by atoms with E-state index < -0.39 is 16.9 Å². The molecule has 6 rings (SSSR count). The van der Waals surface area contributed by atoms with Crippen molar-refractivity contribution in [1.82, 2.24) is 0 Å². The minimum atomic E-state index is -0.469. The van der Waals surface area contributed by atoms with Gasteiger partial charge in [-0.1, -0.05) is 27.2 Å². The van der Waals surface area contributed by atoms with E-state index in [9.17, 15) is 9.90 Å². The number of ether oxygens (including phenoxy) is 3. The number of rotatable bonds is 4. The van der Waals surface area contributed by atoms with Gasteiger partial charge in [0.1, 0.15) is 11.5 Å². The predicted octanol–water partition coefficient (Wildman–Crippen LogP) is 5.47. The SMILES string of the molecule is COC(=O)C1(C)CCCC2(C)C1CCC13c4c(OC)ccc(OC)c4C(CC21)C(C(C)C)C3O. The smallest absolute Gasteiger partial charge is 0.311 e. The highest BCUT2D eigenvalue weighted by Crippen LogP contribution is 2.75. The summed E-state index contributed by atoms with van der Waals surface area (Å²) in [5.41, 5.74) is 1.54. The highest BCUT2D eigenvalue weighted by Gasteiger charge is 2.71. The van der Waals surface area contributed by atoms with Gasteiger partial charge < -0.3 is 19.3 Å². The van der Waals surface area contributed by atoms with Crippen molar-refractivity contribution in [1.29, 1.82) is 0 Å². The number of fused-ring (bicyclic) bond motifs is 2. The molecule has 34 heavy (non-hydrogen) atoms. The van der Waals surface area contributed by atoms with E-state index in [1.807, 2.05) is 12.1 Å². The number of aliphatic hydroxyl groups excluding tert-OH is 1. The molecule has 5 nitrogen and oxygen atoms in total. The Morgan fingerprint density at radius 2 is 1.71 bits per heavy atom. The Kier molecular flexibility index (Phi) is 5.55. The Labute approximate surface area is 204 Å². The average molecular weight is 471 g/mol. The molecule has 1 N–H and O–H groups in total. The van der Waals surface area contributed by atoms with Crippen molar-refractivity contribution in [2.45, 2.75) is 83.7 Å². The highest BCUT2D eigenvalue weighted by molar-refractivity contribution is 5.77. The van der Waals surface area contributed by atoms with Gasteiger partial charge in [0.05, 0.1) is 32.8 Å². The number of carbonyl (C=O) groups is 1. The van der Waals surface area contributed by atoms with Crippen LogP contribution in [0.2, 0.25) is 0 Å². The molecule has 8 atom stereocenters. The second-order valence-electron chi connectivity index (χ2n) is 12.3. The van der Waals surface area contributed by atoms with Crippen molar-refractivity contribution in [3.05, 3.63) is 23.3 Å². The molecule has 0 aliphatic heterocycles. The van der Waals surface area contributed by atoms with Crippen LogP contribution in [-0.4, -0.2) is 38.5 Å². The molecule has 2 bridgehead atoms. The summed E-state index contributed by atoms with van der Waals surface area (Å²) in [6.07, 6.45) is 5.34. The monoisotopic (exact) mass is 470 g/mol. The standard InChI is InChI=1S/C29H42O5/c1-16(2)22-17-15-21-27(3)12-8-13-28(4,26(31)34-7)20(27)11-14-29(21,25(22)30)24-19(33-6)10-9-18(32-5)23(17)24/h9-10,16-17,20-22,25,30H,8,11-15H2,1-7H3. The zero-order chi connectivity index (χ0) is 24.6. The number of aliphatic hydroxyl groups is 1. The molecule has 1 spiro atoms. The van der Waals surface area contributed by atoms with Crippen LogP contribution in [0.25, 0.3) is 0 Å². The molecule has 1 aromatic rings. The maximum Gasteiger partial charge on any atom is 0.311 e. The van der Waals surface area contributed by atoms with Gasteiger partial charge in [-0.3, -0.25) is 4.79 Å². The molecule has 5 aliphatic carbocycles. The van der Waals surface area contributed by atoms with E-state index in [1.54, 1.807) is 14.2 Å². The first-order valence-corrected chi connectivity index (χ1v) is 13.1. The number of esters is 1. The highest BCUT2D eigenvalue weighted by atomic mass is 16.5. The largest absolute Gasteiger partial charge is 0.496 e. The van der Waals surface area contributed by atoms with Crippen molar-refractivity contribution >= 4 is 5.97 Å². The summed E-state index contributed by atoms with van der Waals surface area (Å²) in [5, 5.41) is 12.2. The minimum absolute atomic E-state index is 0.0492. The predicted molar refractivity (Wildman–Crippen MR) is 131 cm³/mol. The number of methoxy groups -OCH3 is 3. The quantitative estimate of drug-likeness (QED) is 0.591. The van der Waals surface area contributed by atoms with Crippen LogP contribution >= 0.6 is 0 Å². The molecule has 5 aliphatic rings. The van der Waals surface area contributed by atoms with Gasteiger partial charge in [0.2, 0.25) is 0 Å². The first kappa shape index (κ1) is 24.0. The molecule has 188 valence electrons. The minimum Gasteiger partial charge on any atom is -0.496 e.